The number of aromatic nitrogens is 2. The zero-order chi connectivity index (χ0) is 17.2. The Kier molecular flexibility index (Phi) is 4.18. The van der Waals surface area contributed by atoms with Crippen molar-refractivity contribution in [2.24, 2.45) is 5.92 Å². The first-order valence-electron chi connectivity index (χ1n) is 8.84. The molecule has 0 bridgehead atoms. The second-order valence-corrected chi connectivity index (χ2v) is 6.75. The van der Waals surface area contributed by atoms with E-state index in [1.165, 1.54) is 0 Å². The summed E-state index contributed by atoms with van der Waals surface area (Å²) in [4.78, 5) is 24.4. The van der Waals surface area contributed by atoms with Crippen LogP contribution in [0.2, 0.25) is 0 Å². The molecule has 0 spiro atoms. The summed E-state index contributed by atoms with van der Waals surface area (Å²) in [6.45, 7) is 3.85. The summed E-state index contributed by atoms with van der Waals surface area (Å²) in [6.07, 6.45) is 2.11. The number of hydrogen-bond acceptors (Lipinski definition) is 3. The molecule has 126 valence electrons. The first kappa shape index (κ1) is 15.8. The van der Waals surface area contributed by atoms with Gasteiger partial charge >= 0.3 is 0 Å². The first-order valence-corrected chi connectivity index (χ1v) is 8.84. The molecule has 0 unspecified atom stereocenters. The van der Waals surface area contributed by atoms with Gasteiger partial charge in [0, 0.05) is 24.0 Å². The molecule has 0 aliphatic carbocycles. The average Bonchev–Trinajstić information content (AvgIpc) is 2.68. The molecule has 2 heterocycles. The quantitative estimate of drug-likeness (QED) is 0.708. The highest BCUT2D eigenvalue weighted by molar-refractivity contribution is 6.04. The minimum absolute atomic E-state index is 0.0164. The molecule has 1 fully saturated rings. The lowest BCUT2D eigenvalue weighted by molar-refractivity contribution is 0.0693. The van der Waals surface area contributed by atoms with Crippen molar-refractivity contribution in [3.05, 3.63) is 60.3 Å². The van der Waals surface area contributed by atoms with Crippen molar-refractivity contribution >= 4 is 16.8 Å². The van der Waals surface area contributed by atoms with Crippen LogP contribution < -0.4 is 0 Å². The summed E-state index contributed by atoms with van der Waals surface area (Å²) in [5.74, 6) is 1.31. The highest BCUT2D eigenvalue weighted by Crippen LogP contribution is 2.24. The number of hydrogen-bond donors (Lipinski definition) is 0. The van der Waals surface area contributed by atoms with Crippen LogP contribution in [-0.2, 0) is 0 Å². The lowest BCUT2D eigenvalue weighted by atomic mass is 9.99. The zero-order valence-corrected chi connectivity index (χ0v) is 14.4. The van der Waals surface area contributed by atoms with Gasteiger partial charge in [0.2, 0.25) is 0 Å². The highest BCUT2D eigenvalue weighted by Gasteiger charge is 2.24. The number of likely N-dealkylation sites (tertiary alicyclic amines) is 1. The SMILES string of the molecule is CC1CCN(C(=O)c2nc(-c3ccccc3)nc3ccccc23)CC1. The minimum atomic E-state index is 0.0164. The number of carbonyl (C=O) groups excluding carboxylic acids is 1. The summed E-state index contributed by atoms with van der Waals surface area (Å²) in [6, 6.07) is 17.6. The van der Waals surface area contributed by atoms with Crippen molar-refractivity contribution in [1.29, 1.82) is 0 Å². The molecule has 0 N–H and O–H groups in total. The van der Waals surface area contributed by atoms with Crippen molar-refractivity contribution in [2.45, 2.75) is 19.8 Å². The maximum Gasteiger partial charge on any atom is 0.273 e. The Morgan fingerprint density at radius 3 is 2.40 bits per heavy atom. The maximum absolute atomic E-state index is 13.1. The van der Waals surface area contributed by atoms with Crippen LogP contribution >= 0.6 is 0 Å². The number of piperidine rings is 1. The first-order chi connectivity index (χ1) is 12.2. The number of fused-ring (bicyclic) bond motifs is 1. The number of nitrogens with zero attached hydrogens (tertiary/aromatic N) is 3. The normalized spacial score (nSPS) is 15.5. The summed E-state index contributed by atoms with van der Waals surface area (Å²) in [5, 5.41) is 0.825. The van der Waals surface area contributed by atoms with E-state index in [4.69, 9.17) is 0 Å². The molecule has 4 rings (SSSR count). The van der Waals surface area contributed by atoms with Crippen molar-refractivity contribution in [3.63, 3.8) is 0 Å². The van der Waals surface area contributed by atoms with Crippen LogP contribution in [0, 0.1) is 5.92 Å². The van der Waals surface area contributed by atoms with Crippen LogP contribution in [0.3, 0.4) is 0 Å². The highest BCUT2D eigenvalue weighted by atomic mass is 16.2. The molecule has 1 aliphatic heterocycles. The lowest BCUT2D eigenvalue weighted by Crippen LogP contribution is -2.38. The molecule has 3 aromatic rings. The monoisotopic (exact) mass is 331 g/mol. The Bertz CT molecular complexity index is 899. The van der Waals surface area contributed by atoms with Crippen LogP contribution in [0.25, 0.3) is 22.3 Å². The van der Waals surface area contributed by atoms with Crippen molar-refractivity contribution in [3.8, 4) is 11.4 Å². The summed E-state index contributed by atoms with van der Waals surface area (Å²) < 4.78 is 0. The predicted molar refractivity (Wildman–Crippen MR) is 99.3 cm³/mol. The van der Waals surface area contributed by atoms with Gasteiger partial charge in [0.25, 0.3) is 5.91 Å². The number of carbonyl (C=O) groups is 1. The smallest absolute Gasteiger partial charge is 0.273 e. The fourth-order valence-electron chi connectivity index (χ4n) is 3.32. The second kappa shape index (κ2) is 6.63. The number of rotatable bonds is 2. The van der Waals surface area contributed by atoms with Crippen molar-refractivity contribution in [1.82, 2.24) is 14.9 Å². The van der Waals surface area contributed by atoms with E-state index >= 15 is 0 Å². The minimum Gasteiger partial charge on any atom is -0.337 e. The van der Waals surface area contributed by atoms with Gasteiger partial charge in [-0.25, -0.2) is 9.97 Å². The predicted octanol–water partition coefficient (Wildman–Crippen LogP) is 4.17. The molecule has 2 aromatic carbocycles. The Morgan fingerprint density at radius 1 is 0.960 bits per heavy atom. The van der Waals surface area contributed by atoms with Gasteiger partial charge < -0.3 is 4.90 Å². The second-order valence-electron chi connectivity index (χ2n) is 6.75. The molecule has 25 heavy (non-hydrogen) atoms. The third-order valence-corrected chi connectivity index (χ3v) is 4.91. The van der Waals surface area contributed by atoms with E-state index in [1.54, 1.807) is 0 Å². The standard InChI is InChI=1S/C21H21N3O/c1-15-11-13-24(14-12-15)21(25)19-17-9-5-6-10-18(17)22-20(23-19)16-7-3-2-4-8-16/h2-10,15H,11-14H2,1H3. The van der Waals surface area contributed by atoms with E-state index in [1.807, 2.05) is 59.5 Å². The van der Waals surface area contributed by atoms with Crippen molar-refractivity contribution < 1.29 is 4.79 Å². The van der Waals surface area contributed by atoms with E-state index in [0.717, 1.165) is 42.4 Å². The van der Waals surface area contributed by atoms with Crippen LogP contribution in [-0.4, -0.2) is 33.9 Å². The number of amides is 1. The van der Waals surface area contributed by atoms with Gasteiger partial charge in [0.1, 0.15) is 5.69 Å². The molecule has 0 atom stereocenters. The maximum atomic E-state index is 13.1. The Labute approximate surface area is 147 Å². The van der Waals surface area contributed by atoms with Gasteiger partial charge in [-0.1, -0.05) is 55.5 Å². The summed E-state index contributed by atoms with van der Waals surface area (Å²) in [7, 11) is 0. The van der Waals surface area contributed by atoms with Gasteiger partial charge in [-0.05, 0) is 24.8 Å². The van der Waals surface area contributed by atoms with Gasteiger partial charge in [-0.3, -0.25) is 4.79 Å². The van der Waals surface area contributed by atoms with Crippen LogP contribution in [0.5, 0.6) is 0 Å². The Hall–Kier alpha value is -2.75. The van der Waals surface area contributed by atoms with Gasteiger partial charge in [-0.15, -0.1) is 0 Å². The van der Waals surface area contributed by atoms with E-state index in [9.17, 15) is 4.79 Å². The third kappa shape index (κ3) is 3.12. The Morgan fingerprint density at radius 2 is 1.64 bits per heavy atom. The zero-order valence-electron chi connectivity index (χ0n) is 14.4. The topological polar surface area (TPSA) is 46.1 Å². The average molecular weight is 331 g/mol. The molecule has 4 nitrogen and oxygen atoms in total. The largest absolute Gasteiger partial charge is 0.337 e. The summed E-state index contributed by atoms with van der Waals surface area (Å²) >= 11 is 0. The van der Waals surface area contributed by atoms with E-state index < -0.39 is 0 Å². The van der Waals surface area contributed by atoms with E-state index in [0.29, 0.717) is 17.4 Å². The van der Waals surface area contributed by atoms with E-state index in [-0.39, 0.29) is 5.91 Å². The molecule has 1 aromatic heterocycles. The molecular weight excluding hydrogens is 310 g/mol. The third-order valence-electron chi connectivity index (χ3n) is 4.91. The van der Waals surface area contributed by atoms with Crippen LogP contribution in [0.4, 0.5) is 0 Å². The summed E-state index contributed by atoms with van der Waals surface area (Å²) in [5.41, 5.74) is 2.25. The molecular formula is C21H21N3O. The van der Waals surface area contributed by atoms with E-state index in [2.05, 4.69) is 16.9 Å². The Balaban J connectivity index is 1.80. The number of benzene rings is 2. The number of para-hydroxylation sites is 1. The molecule has 1 saturated heterocycles. The lowest BCUT2D eigenvalue weighted by Gasteiger charge is -2.30. The van der Waals surface area contributed by atoms with Gasteiger partial charge in [0.15, 0.2) is 5.82 Å². The molecule has 1 aliphatic rings. The molecule has 1 amide bonds. The van der Waals surface area contributed by atoms with Crippen molar-refractivity contribution in [2.75, 3.05) is 13.1 Å². The van der Waals surface area contributed by atoms with Gasteiger partial charge in [-0.2, -0.15) is 0 Å². The molecule has 4 heteroatoms. The van der Waals surface area contributed by atoms with Gasteiger partial charge in [0.05, 0.1) is 5.52 Å². The van der Waals surface area contributed by atoms with Crippen LogP contribution in [0.1, 0.15) is 30.3 Å². The fraction of sp³-hybridized carbons (Fsp3) is 0.286. The molecule has 0 radical (unpaired) electrons. The fourth-order valence-corrected chi connectivity index (χ4v) is 3.32. The molecule has 0 saturated carbocycles. The van der Waals surface area contributed by atoms with Crippen LogP contribution in [0.15, 0.2) is 54.6 Å².